The molecule has 4 rings (SSSR count). The van der Waals surface area contributed by atoms with Crippen molar-refractivity contribution in [3.8, 4) is 0 Å². The Balaban J connectivity index is 1.57. The molecule has 1 aromatic rings. The van der Waals surface area contributed by atoms with Gasteiger partial charge >= 0.3 is 0 Å². The molecule has 8 heteroatoms. The van der Waals surface area contributed by atoms with E-state index in [9.17, 15) is 14.4 Å². The van der Waals surface area contributed by atoms with E-state index in [1.54, 1.807) is 5.48 Å². The van der Waals surface area contributed by atoms with Crippen LogP contribution in [0, 0.1) is 11.3 Å². The summed E-state index contributed by atoms with van der Waals surface area (Å²) >= 11 is 0. The Morgan fingerprint density at radius 3 is 2.48 bits per heavy atom. The van der Waals surface area contributed by atoms with Crippen LogP contribution in [0.15, 0.2) is 35.9 Å². The molecule has 0 bridgehead atoms. The van der Waals surface area contributed by atoms with Gasteiger partial charge in [-0.1, -0.05) is 30.3 Å². The summed E-state index contributed by atoms with van der Waals surface area (Å²) in [7, 11) is 0. The van der Waals surface area contributed by atoms with Crippen molar-refractivity contribution in [3.05, 3.63) is 41.5 Å². The SMILES string of the molecule is NC(=O)C1=C(c2ccccc2)CC(C(=O)C2NCC3(CC3)CC2C(=O)NO)NC1. The molecule has 2 amide bonds. The van der Waals surface area contributed by atoms with Gasteiger partial charge in [-0.2, -0.15) is 0 Å². The molecule has 2 aliphatic heterocycles. The maximum Gasteiger partial charge on any atom is 0.248 e. The summed E-state index contributed by atoms with van der Waals surface area (Å²) in [5.41, 5.74) is 9.44. The lowest BCUT2D eigenvalue weighted by molar-refractivity contribution is -0.140. The van der Waals surface area contributed by atoms with Crippen LogP contribution < -0.4 is 21.8 Å². The summed E-state index contributed by atoms with van der Waals surface area (Å²) in [6.45, 7) is 0.892. The van der Waals surface area contributed by atoms with E-state index in [0.29, 0.717) is 25.0 Å². The maximum atomic E-state index is 13.3. The quantitative estimate of drug-likeness (QED) is 0.353. The van der Waals surface area contributed by atoms with E-state index in [1.807, 2.05) is 30.3 Å². The van der Waals surface area contributed by atoms with Crippen molar-refractivity contribution in [3.63, 3.8) is 0 Å². The van der Waals surface area contributed by atoms with Crippen LogP contribution in [0.25, 0.3) is 5.57 Å². The number of hydroxylamine groups is 1. The van der Waals surface area contributed by atoms with Crippen molar-refractivity contribution >= 4 is 23.2 Å². The molecule has 0 radical (unpaired) electrons. The molecule has 154 valence electrons. The van der Waals surface area contributed by atoms with Crippen molar-refractivity contribution in [1.29, 1.82) is 0 Å². The van der Waals surface area contributed by atoms with Gasteiger partial charge in [0.2, 0.25) is 11.8 Å². The number of rotatable bonds is 5. The third-order valence-electron chi connectivity index (χ3n) is 6.52. The predicted octanol–water partition coefficient (Wildman–Crippen LogP) is 0.120. The summed E-state index contributed by atoms with van der Waals surface area (Å²) in [5.74, 6) is -1.79. The van der Waals surface area contributed by atoms with Crippen LogP contribution in [-0.2, 0) is 14.4 Å². The van der Waals surface area contributed by atoms with Crippen molar-refractivity contribution in [1.82, 2.24) is 16.1 Å². The van der Waals surface area contributed by atoms with E-state index in [1.165, 1.54) is 0 Å². The predicted molar refractivity (Wildman–Crippen MR) is 105 cm³/mol. The van der Waals surface area contributed by atoms with E-state index in [-0.39, 0.29) is 17.7 Å². The summed E-state index contributed by atoms with van der Waals surface area (Å²) in [4.78, 5) is 37.5. The molecular formula is C21H26N4O4. The van der Waals surface area contributed by atoms with Gasteiger partial charge in [0, 0.05) is 18.7 Å². The Hall–Kier alpha value is -2.55. The number of hydrogen-bond acceptors (Lipinski definition) is 6. The van der Waals surface area contributed by atoms with Gasteiger partial charge in [-0.25, -0.2) is 5.48 Å². The summed E-state index contributed by atoms with van der Waals surface area (Å²) in [6, 6.07) is 8.19. The first-order valence-electron chi connectivity index (χ1n) is 9.96. The largest absolute Gasteiger partial charge is 0.366 e. The van der Waals surface area contributed by atoms with Gasteiger partial charge in [-0.3, -0.25) is 19.6 Å². The minimum Gasteiger partial charge on any atom is -0.366 e. The lowest BCUT2D eigenvalue weighted by Crippen LogP contribution is -2.60. The third kappa shape index (κ3) is 3.83. The molecule has 3 atom stereocenters. The Morgan fingerprint density at radius 1 is 1.14 bits per heavy atom. The number of ketones is 1. The van der Waals surface area contributed by atoms with E-state index in [4.69, 9.17) is 10.9 Å². The van der Waals surface area contributed by atoms with E-state index >= 15 is 0 Å². The second-order valence-electron chi connectivity index (χ2n) is 8.37. The molecular weight excluding hydrogens is 372 g/mol. The van der Waals surface area contributed by atoms with Crippen molar-refractivity contribution in [2.24, 2.45) is 17.1 Å². The second kappa shape index (κ2) is 7.70. The highest BCUT2D eigenvalue weighted by Gasteiger charge is 2.52. The molecule has 1 aliphatic carbocycles. The summed E-state index contributed by atoms with van der Waals surface area (Å²) < 4.78 is 0. The monoisotopic (exact) mass is 398 g/mol. The smallest absolute Gasteiger partial charge is 0.248 e. The number of hydrogen-bond donors (Lipinski definition) is 5. The lowest BCUT2D eigenvalue weighted by Gasteiger charge is -2.38. The number of nitrogens with two attached hydrogens (primary N) is 1. The molecule has 3 aliphatic rings. The van der Waals surface area contributed by atoms with Crippen LogP contribution in [0.1, 0.15) is 31.2 Å². The number of piperidine rings is 1. The Bertz CT molecular complexity index is 863. The molecule has 6 N–H and O–H groups in total. The minimum absolute atomic E-state index is 0.0716. The number of carbonyl (C=O) groups excluding carboxylic acids is 3. The molecule has 29 heavy (non-hydrogen) atoms. The number of amides is 2. The van der Waals surface area contributed by atoms with Gasteiger partial charge in [0.05, 0.1) is 18.0 Å². The summed E-state index contributed by atoms with van der Waals surface area (Å²) in [6.07, 6.45) is 2.96. The van der Waals surface area contributed by atoms with Crippen LogP contribution >= 0.6 is 0 Å². The highest BCUT2D eigenvalue weighted by molar-refractivity contribution is 6.03. The molecule has 1 spiro atoms. The van der Waals surface area contributed by atoms with E-state index < -0.39 is 29.8 Å². The highest BCUT2D eigenvalue weighted by Crippen LogP contribution is 2.52. The molecule has 1 saturated heterocycles. The average Bonchev–Trinajstić information content (AvgIpc) is 3.51. The zero-order chi connectivity index (χ0) is 20.6. The molecule has 1 saturated carbocycles. The van der Waals surface area contributed by atoms with Crippen LogP contribution in [0.2, 0.25) is 0 Å². The zero-order valence-corrected chi connectivity index (χ0v) is 16.1. The first-order valence-corrected chi connectivity index (χ1v) is 9.96. The van der Waals surface area contributed by atoms with Crippen LogP contribution in [0.4, 0.5) is 0 Å². The third-order valence-corrected chi connectivity index (χ3v) is 6.52. The molecule has 3 unspecified atom stereocenters. The summed E-state index contributed by atoms with van der Waals surface area (Å²) in [5, 5.41) is 15.5. The van der Waals surface area contributed by atoms with Gasteiger partial charge in [0.25, 0.3) is 0 Å². The fraction of sp³-hybridized carbons (Fsp3) is 0.476. The van der Waals surface area contributed by atoms with Crippen molar-refractivity contribution < 1.29 is 19.6 Å². The number of Topliss-reactive ketones (excluding diaryl/α,β-unsaturated/α-hetero) is 1. The number of carbonyl (C=O) groups is 3. The molecule has 2 heterocycles. The van der Waals surface area contributed by atoms with Crippen molar-refractivity contribution in [2.45, 2.75) is 37.8 Å². The minimum atomic E-state index is -0.682. The second-order valence-corrected chi connectivity index (χ2v) is 8.37. The fourth-order valence-electron chi connectivity index (χ4n) is 4.63. The standard InChI is InChI=1S/C21H26N4O4/c22-19(27)15-10-23-16(8-13(15)12-4-2-1-3-5-12)18(26)17-14(20(28)25-29)9-21(6-7-21)11-24-17/h1-5,14,16-17,23-24,29H,6-11H2,(H2,22,27)(H,25,28). The number of nitrogens with one attached hydrogen (secondary N) is 3. The van der Waals surface area contributed by atoms with Gasteiger partial charge in [-0.15, -0.1) is 0 Å². The van der Waals surface area contributed by atoms with Crippen LogP contribution in [-0.4, -0.2) is 48.0 Å². The van der Waals surface area contributed by atoms with E-state index in [2.05, 4.69) is 10.6 Å². The zero-order valence-electron chi connectivity index (χ0n) is 16.1. The first-order chi connectivity index (χ1) is 13.9. The molecule has 1 aromatic carbocycles. The van der Waals surface area contributed by atoms with Crippen LogP contribution in [0.3, 0.4) is 0 Å². The first kappa shape index (κ1) is 19.8. The van der Waals surface area contributed by atoms with Crippen molar-refractivity contribution in [2.75, 3.05) is 13.1 Å². The van der Waals surface area contributed by atoms with Gasteiger partial charge in [-0.05, 0) is 42.2 Å². The molecule has 2 fully saturated rings. The van der Waals surface area contributed by atoms with Gasteiger partial charge in [0.1, 0.15) is 0 Å². The number of primary amides is 1. The van der Waals surface area contributed by atoms with E-state index in [0.717, 1.165) is 24.0 Å². The number of benzene rings is 1. The molecule has 0 aromatic heterocycles. The normalized spacial score (nSPS) is 28.1. The fourth-order valence-corrected chi connectivity index (χ4v) is 4.63. The Kier molecular flexibility index (Phi) is 5.24. The topological polar surface area (TPSA) is 134 Å². The van der Waals surface area contributed by atoms with Gasteiger partial charge in [0.15, 0.2) is 5.78 Å². The average molecular weight is 398 g/mol. The maximum absolute atomic E-state index is 13.3. The lowest BCUT2D eigenvalue weighted by atomic mass is 9.77. The Morgan fingerprint density at radius 2 is 1.86 bits per heavy atom. The van der Waals surface area contributed by atoms with Gasteiger partial charge < -0.3 is 16.4 Å². The Labute approximate surface area is 168 Å². The molecule has 8 nitrogen and oxygen atoms in total. The van der Waals surface area contributed by atoms with Crippen LogP contribution in [0.5, 0.6) is 0 Å². The highest BCUT2D eigenvalue weighted by atomic mass is 16.5.